The number of carbonyl (C=O) groups is 1. The van der Waals surface area contributed by atoms with Gasteiger partial charge in [0.2, 0.25) is 0 Å². The van der Waals surface area contributed by atoms with Gasteiger partial charge in [-0.15, -0.1) is 10.2 Å². The number of ether oxygens (including phenoxy) is 2. The number of carbonyl (C=O) groups excluding carboxylic acids is 1. The van der Waals surface area contributed by atoms with E-state index in [1.807, 2.05) is 47.0 Å². The first kappa shape index (κ1) is 25.4. The number of non-ortho nitro benzene ring substituents is 1. The summed E-state index contributed by atoms with van der Waals surface area (Å²) in [6.45, 7) is 0. The molecule has 0 aliphatic rings. The van der Waals surface area contributed by atoms with E-state index in [0.29, 0.717) is 28.0 Å². The van der Waals surface area contributed by atoms with Gasteiger partial charge in [0.25, 0.3) is 11.6 Å². The number of hydrogen-bond acceptors (Lipinski definition) is 9. The van der Waals surface area contributed by atoms with Crippen molar-refractivity contribution in [1.29, 1.82) is 0 Å². The Morgan fingerprint density at radius 1 is 1.05 bits per heavy atom. The summed E-state index contributed by atoms with van der Waals surface area (Å²) in [6, 6.07) is 20.9. The predicted molar refractivity (Wildman–Crippen MR) is 139 cm³/mol. The molecule has 188 valence electrons. The Hall–Kier alpha value is -4.71. The molecule has 0 saturated carbocycles. The standard InChI is InChI=1S/C25H22N6O5S/c1-35-21-12-11-18(14-22(21)36-2)24-28-29-25(30(24)19-8-4-3-5-9-19)37-16-23(32)27-26-15-17-7-6-10-20(13-17)31(33)34/h3-15H,16H2,1-2H3,(H,27,32)/b26-15+. The third-order valence-corrected chi connectivity index (χ3v) is 6.03. The van der Waals surface area contributed by atoms with Crippen LogP contribution in [0.3, 0.4) is 0 Å². The fourth-order valence-corrected chi connectivity index (χ4v) is 4.14. The summed E-state index contributed by atoms with van der Waals surface area (Å²) in [6.07, 6.45) is 1.34. The molecular formula is C25H22N6O5S. The van der Waals surface area contributed by atoms with Gasteiger partial charge >= 0.3 is 0 Å². The first-order valence-electron chi connectivity index (χ1n) is 10.9. The quantitative estimate of drug-likeness (QED) is 0.144. The maximum absolute atomic E-state index is 12.4. The molecule has 0 spiro atoms. The van der Waals surface area contributed by atoms with Crippen LogP contribution in [0.4, 0.5) is 5.69 Å². The van der Waals surface area contributed by atoms with E-state index in [4.69, 9.17) is 9.47 Å². The fraction of sp³-hybridized carbons (Fsp3) is 0.120. The SMILES string of the molecule is COc1ccc(-c2nnc(SCC(=O)N/N=C/c3cccc([N+](=O)[O-])c3)n2-c2ccccc2)cc1OC. The molecule has 0 atom stereocenters. The lowest BCUT2D eigenvalue weighted by Gasteiger charge is -2.12. The van der Waals surface area contributed by atoms with Gasteiger partial charge in [-0.05, 0) is 30.3 Å². The largest absolute Gasteiger partial charge is 0.493 e. The molecule has 0 aliphatic heterocycles. The second-order valence-electron chi connectivity index (χ2n) is 7.48. The number of thioether (sulfide) groups is 1. The Balaban J connectivity index is 1.52. The molecule has 12 heteroatoms. The summed E-state index contributed by atoms with van der Waals surface area (Å²) in [4.78, 5) is 22.8. The minimum atomic E-state index is -0.494. The van der Waals surface area contributed by atoms with E-state index < -0.39 is 4.92 Å². The van der Waals surface area contributed by atoms with Crippen LogP contribution in [0.15, 0.2) is 83.1 Å². The molecule has 11 nitrogen and oxygen atoms in total. The van der Waals surface area contributed by atoms with E-state index in [2.05, 4.69) is 20.7 Å². The number of nitrogens with one attached hydrogen (secondary N) is 1. The molecule has 4 aromatic rings. The summed E-state index contributed by atoms with van der Waals surface area (Å²) in [5.41, 5.74) is 4.44. The molecule has 0 fully saturated rings. The van der Waals surface area contributed by atoms with Crippen LogP contribution in [-0.4, -0.2) is 51.8 Å². The van der Waals surface area contributed by atoms with E-state index in [1.54, 1.807) is 32.4 Å². The number of amides is 1. The van der Waals surface area contributed by atoms with E-state index in [9.17, 15) is 14.9 Å². The Morgan fingerprint density at radius 3 is 2.57 bits per heavy atom. The van der Waals surface area contributed by atoms with Gasteiger partial charge in [0.05, 0.1) is 31.1 Å². The average Bonchev–Trinajstić information content (AvgIpc) is 3.36. The number of benzene rings is 3. The first-order valence-corrected chi connectivity index (χ1v) is 11.9. The van der Waals surface area contributed by atoms with E-state index in [0.717, 1.165) is 11.3 Å². The zero-order valence-corrected chi connectivity index (χ0v) is 20.7. The molecule has 0 unspecified atom stereocenters. The zero-order valence-electron chi connectivity index (χ0n) is 19.9. The van der Waals surface area contributed by atoms with Crippen molar-refractivity contribution in [3.05, 3.63) is 88.5 Å². The molecule has 1 heterocycles. The van der Waals surface area contributed by atoms with Crippen LogP contribution in [0.25, 0.3) is 17.1 Å². The number of hydrazone groups is 1. The molecule has 3 aromatic carbocycles. The third-order valence-electron chi connectivity index (χ3n) is 5.11. The molecule has 1 aromatic heterocycles. The van der Waals surface area contributed by atoms with Crippen LogP contribution in [-0.2, 0) is 4.79 Å². The van der Waals surface area contributed by atoms with Crippen molar-refractivity contribution in [2.24, 2.45) is 5.10 Å². The normalized spacial score (nSPS) is 10.9. The van der Waals surface area contributed by atoms with Gasteiger partial charge in [0.15, 0.2) is 22.5 Å². The molecule has 1 amide bonds. The van der Waals surface area contributed by atoms with Crippen LogP contribution < -0.4 is 14.9 Å². The highest BCUT2D eigenvalue weighted by molar-refractivity contribution is 7.99. The Morgan fingerprint density at radius 2 is 1.84 bits per heavy atom. The highest BCUT2D eigenvalue weighted by Crippen LogP contribution is 2.34. The van der Waals surface area contributed by atoms with Crippen molar-refractivity contribution < 1.29 is 19.2 Å². The summed E-state index contributed by atoms with van der Waals surface area (Å²) >= 11 is 1.19. The summed E-state index contributed by atoms with van der Waals surface area (Å²) in [5, 5.41) is 24.0. The van der Waals surface area contributed by atoms with Gasteiger partial charge in [-0.3, -0.25) is 19.5 Å². The van der Waals surface area contributed by atoms with Crippen molar-refractivity contribution in [1.82, 2.24) is 20.2 Å². The lowest BCUT2D eigenvalue weighted by Crippen LogP contribution is -2.20. The number of hydrogen-bond donors (Lipinski definition) is 1. The van der Waals surface area contributed by atoms with Crippen LogP contribution in [0.2, 0.25) is 0 Å². The van der Waals surface area contributed by atoms with Crippen LogP contribution in [0, 0.1) is 10.1 Å². The van der Waals surface area contributed by atoms with Crippen molar-refractivity contribution >= 4 is 29.6 Å². The number of methoxy groups -OCH3 is 2. The summed E-state index contributed by atoms with van der Waals surface area (Å²) in [5.74, 6) is 1.36. The van der Waals surface area contributed by atoms with Crippen molar-refractivity contribution in [3.8, 4) is 28.6 Å². The van der Waals surface area contributed by atoms with Gasteiger partial charge < -0.3 is 9.47 Å². The van der Waals surface area contributed by atoms with E-state index in [1.165, 1.54) is 30.1 Å². The fourth-order valence-electron chi connectivity index (χ4n) is 3.40. The molecule has 0 aliphatic carbocycles. The summed E-state index contributed by atoms with van der Waals surface area (Å²) < 4.78 is 12.6. The van der Waals surface area contributed by atoms with Crippen LogP contribution in [0.1, 0.15) is 5.56 Å². The number of nitro groups is 1. The van der Waals surface area contributed by atoms with E-state index >= 15 is 0 Å². The Kier molecular flexibility index (Phi) is 8.11. The van der Waals surface area contributed by atoms with Crippen LogP contribution >= 0.6 is 11.8 Å². The van der Waals surface area contributed by atoms with Gasteiger partial charge in [-0.1, -0.05) is 42.1 Å². The van der Waals surface area contributed by atoms with Crippen molar-refractivity contribution in [2.75, 3.05) is 20.0 Å². The highest BCUT2D eigenvalue weighted by atomic mass is 32.2. The molecule has 1 N–H and O–H groups in total. The molecule has 0 saturated heterocycles. The Bertz CT molecular complexity index is 1440. The molecule has 4 rings (SSSR count). The second kappa shape index (κ2) is 11.8. The van der Waals surface area contributed by atoms with Crippen molar-refractivity contribution in [3.63, 3.8) is 0 Å². The minimum Gasteiger partial charge on any atom is -0.493 e. The number of nitro benzene ring substituents is 1. The number of nitrogens with zero attached hydrogens (tertiary/aromatic N) is 5. The topological polar surface area (TPSA) is 134 Å². The monoisotopic (exact) mass is 518 g/mol. The number of rotatable bonds is 10. The maximum Gasteiger partial charge on any atom is 0.270 e. The van der Waals surface area contributed by atoms with E-state index in [-0.39, 0.29) is 17.3 Å². The van der Waals surface area contributed by atoms with Crippen LogP contribution in [0.5, 0.6) is 11.5 Å². The van der Waals surface area contributed by atoms with Gasteiger partial charge in [-0.25, -0.2) is 5.43 Å². The third kappa shape index (κ3) is 6.11. The first-order chi connectivity index (χ1) is 18.0. The van der Waals surface area contributed by atoms with Gasteiger partial charge in [-0.2, -0.15) is 5.10 Å². The Labute approximate surface area is 216 Å². The second-order valence-corrected chi connectivity index (χ2v) is 8.42. The lowest BCUT2D eigenvalue weighted by molar-refractivity contribution is -0.384. The van der Waals surface area contributed by atoms with Gasteiger partial charge in [0, 0.05) is 28.9 Å². The maximum atomic E-state index is 12.4. The lowest BCUT2D eigenvalue weighted by atomic mass is 10.2. The number of para-hydroxylation sites is 1. The molecule has 37 heavy (non-hydrogen) atoms. The van der Waals surface area contributed by atoms with Crippen molar-refractivity contribution in [2.45, 2.75) is 5.16 Å². The smallest absolute Gasteiger partial charge is 0.270 e. The number of aromatic nitrogens is 3. The zero-order chi connectivity index (χ0) is 26.2. The minimum absolute atomic E-state index is 0.0170. The molecule has 0 bridgehead atoms. The average molecular weight is 519 g/mol. The highest BCUT2D eigenvalue weighted by Gasteiger charge is 2.18. The predicted octanol–water partition coefficient (Wildman–Crippen LogP) is 4.10. The molecular weight excluding hydrogens is 496 g/mol. The van der Waals surface area contributed by atoms with Gasteiger partial charge in [0.1, 0.15) is 0 Å². The molecule has 0 radical (unpaired) electrons. The summed E-state index contributed by atoms with van der Waals surface area (Å²) in [7, 11) is 3.13.